The molecule has 1 heterocycles. The minimum absolute atomic E-state index is 0. The Morgan fingerprint density at radius 2 is 1.85 bits per heavy atom. The molecule has 0 spiro atoms. The number of hydroxylamine groups is 3. The monoisotopic (exact) mass is 338 g/mol. The van der Waals surface area contributed by atoms with Gasteiger partial charge in [0.1, 0.15) is 7.05 Å². The van der Waals surface area contributed by atoms with E-state index in [0.717, 1.165) is 11.4 Å². The van der Waals surface area contributed by atoms with Gasteiger partial charge in [0.25, 0.3) is 0 Å². The summed E-state index contributed by atoms with van der Waals surface area (Å²) in [6.07, 6.45) is -0.389. The number of hydrogen-bond donors (Lipinski definition) is 2. The Labute approximate surface area is 135 Å². The van der Waals surface area contributed by atoms with Crippen LogP contribution in [-0.4, -0.2) is 35.4 Å². The number of likely N-dealkylation sites (N-methyl/N-ethyl adjacent to an activating group) is 1. The Morgan fingerprint density at radius 3 is 2.25 bits per heavy atom. The van der Waals surface area contributed by atoms with E-state index < -0.39 is 0 Å². The molecule has 4 nitrogen and oxygen atoms in total. The van der Waals surface area contributed by atoms with Crippen LogP contribution in [0.25, 0.3) is 0 Å². The lowest BCUT2D eigenvalue weighted by atomic mass is 10.1. The number of rotatable bonds is 2. The van der Waals surface area contributed by atoms with E-state index in [2.05, 4.69) is 0 Å². The van der Waals surface area contributed by atoms with Crippen molar-refractivity contribution in [1.29, 1.82) is 0 Å². The first-order valence-electron chi connectivity index (χ1n) is 5.98. The van der Waals surface area contributed by atoms with E-state index in [9.17, 15) is 5.21 Å². The molecule has 112 valence electrons. The number of quaternary nitrogens is 1. The fraction of sp³-hybridized carbons (Fsp3) is 0.385. The Hall–Kier alpha value is -0.490. The smallest absolute Gasteiger partial charge is 0.228 e. The summed E-state index contributed by atoms with van der Waals surface area (Å²) in [5.41, 5.74) is 8.15. The molecule has 0 fully saturated rings. The number of benzene rings is 1. The summed E-state index contributed by atoms with van der Waals surface area (Å²) in [5.74, 6) is 0. The second-order valence-corrected chi connectivity index (χ2v) is 5.70. The molecule has 0 amide bonds. The van der Waals surface area contributed by atoms with E-state index in [1.165, 1.54) is 0 Å². The van der Waals surface area contributed by atoms with Gasteiger partial charge in [-0.3, -0.25) is 0 Å². The van der Waals surface area contributed by atoms with Crippen molar-refractivity contribution in [2.75, 3.05) is 20.6 Å². The van der Waals surface area contributed by atoms with Crippen LogP contribution in [0, 0.1) is 0 Å². The third-order valence-electron chi connectivity index (χ3n) is 3.79. The number of nitrogens with zero attached hydrogens (tertiary/aromatic N) is 2. The minimum atomic E-state index is -0.389. The molecule has 1 aromatic rings. The topological polar surface area (TPSA) is 49.5 Å². The van der Waals surface area contributed by atoms with Crippen LogP contribution in [0.1, 0.15) is 18.7 Å². The summed E-state index contributed by atoms with van der Waals surface area (Å²) < 4.78 is -0.345. The summed E-state index contributed by atoms with van der Waals surface area (Å²) in [6, 6.07) is 5.33. The Morgan fingerprint density at radius 1 is 1.35 bits per heavy atom. The maximum absolute atomic E-state index is 10.8. The third-order valence-corrected chi connectivity index (χ3v) is 4.45. The van der Waals surface area contributed by atoms with Gasteiger partial charge in [-0.05, 0) is 19.1 Å². The van der Waals surface area contributed by atoms with Gasteiger partial charge in [0.2, 0.25) is 6.17 Å². The molecule has 1 aromatic carbocycles. The molecule has 0 saturated heterocycles. The Kier molecular flexibility index (Phi) is 5.35. The van der Waals surface area contributed by atoms with Crippen LogP contribution < -0.4 is 5.73 Å². The SMILES string of the molecule is CC1=C(CN)[N+](C)(O)C(c2c(Cl)cccc2Cl)N1C.Cl. The van der Waals surface area contributed by atoms with Gasteiger partial charge in [-0.1, -0.05) is 29.3 Å². The van der Waals surface area contributed by atoms with Gasteiger partial charge < -0.3 is 10.6 Å². The molecule has 20 heavy (non-hydrogen) atoms. The molecule has 2 rings (SSSR count). The molecular formula is C13H19Cl3N3O+. The van der Waals surface area contributed by atoms with Crippen molar-refractivity contribution in [2.45, 2.75) is 13.1 Å². The zero-order valence-electron chi connectivity index (χ0n) is 11.6. The molecule has 0 aliphatic carbocycles. The quantitative estimate of drug-likeness (QED) is 0.812. The van der Waals surface area contributed by atoms with Crippen molar-refractivity contribution in [3.8, 4) is 0 Å². The van der Waals surface area contributed by atoms with Crippen molar-refractivity contribution in [3.63, 3.8) is 0 Å². The van der Waals surface area contributed by atoms with Crippen LogP contribution in [-0.2, 0) is 0 Å². The van der Waals surface area contributed by atoms with E-state index in [1.807, 2.05) is 18.9 Å². The average molecular weight is 340 g/mol. The first-order valence-corrected chi connectivity index (χ1v) is 6.74. The summed E-state index contributed by atoms with van der Waals surface area (Å²) in [5, 5.41) is 11.9. The minimum Gasteiger partial charge on any atom is -0.322 e. The van der Waals surface area contributed by atoms with Crippen LogP contribution in [0.15, 0.2) is 29.6 Å². The zero-order valence-corrected chi connectivity index (χ0v) is 13.9. The van der Waals surface area contributed by atoms with Crippen LogP contribution >= 0.6 is 35.6 Å². The van der Waals surface area contributed by atoms with E-state index in [1.54, 1.807) is 25.2 Å². The van der Waals surface area contributed by atoms with Crippen molar-refractivity contribution in [1.82, 2.24) is 4.90 Å². The van der Waals surface area contributed by atoms with E-state index >= 15 is 0 Å². The second kappa shape index (κ2) is 6.10. The molecule has 7 heteroatoms. The highest BCUT2D eigenvalue weighted by Crippen LogP contribution is 2.45. The first-order chi connectivity index (χ1) is 8.82. The lowest BCUT2D eigenvalue weighted by molar-refractivity contribution is -1.08. The average Bonchev–Trinajstić information content (AvgIpc) is 2.48. The summed E-state index contributed by atoms with van der Waals surface area (Å²) in [6.45, 7) is 2.21. The van der Waals surface area contributed by atoms with Crippen LogP contribution in [0.5, 0.6) is 0 Å². The highest BCUT2D eigenvalue weighted by molar-refractivity contribution is 6.36. The van der Waals surface area contributed by atoms with Gasteiger partial charge in [-0.25, -0.2) is 5.21 Å². The highest BCUT2D eigenvalue weighted by Gasteiger charge is 2.49. The van der Waals surface area contributed by atoms with Gasteiger partial charge in [-0.15, -0.1) is 17.1 Å². The van der Waals surface area contributed by atoms with Crippen molar-refractivity contribution in [2.24, 2.45) is 5.73 Å². The van der Waals surface area contributed by atoms with Gasteiger partial charge in [0.15, 0.2) is 5.70 Å². The van der Waals surface area contributed by atoms with Gasteiger partial charge in [0.05, 0.1) is 27.9 Å². The van der Waals surface area contributed by atoms with E-state index in [4.69, 9.17) is 28.9 Å². The van der Waals surface area contributed by atoms with Gasteiger partial charge in [-0.2, -0.15) is 0 Å². The van der Waals surface area contributed by atoms with Gasteiger partial charge in [0, 0.05) is 7.05 Å². The molecule has 0 radical (unpaired) electrons. The fourth-order valence-electron chi connectivity index (χ4n) is 2.73. The normalized spacial score (nSPS) is 25.9. The summed E-state index contributed by atoms with van der Waals surface area (Å²) >= 11 is 12.5. The molecule has 2 unspecified atom stereocenters. The van der Waals surface area contributed by atoms with Crippen LogP contribution in [0.4, 0.5) is 0 Å². The lowest BCUT2D eigenvalue weighted by Gasteiger charge is -2.33. The molecule has 3 N–H and O–H groups in total. The zero-order chi connectivity index (χ0) is 14.4. The predicted molar refractivity (Wildman–Crippen MR) is 83.9 cm³/mol. The fourth-order valence-corrected chi connectivity index (χ4v) is 3.33. The molecule has 2 atom stereocenters. The molecule has 0 bridgehead atoms. The largest absolute Gasteiger partial charge is 0.322 e. The van der Waals surface area contributed by atoms with Gasteiger partial charge >= 0.3 is 0 Å². The van der Waals surface area contributed by atoms with Crippen molar-refractivity contribution in [3.05, 3.63) is 45.2 Å². The third kappa shape index (κ3) is 2.52. The second-order valence-electron chi connectivity index (χ2n) is 4.88. The first kappa shape index (κ1) is 17.6. The number of allylic oxidation sites excluding steroid dienone is 1. The Bertz CT molecular complexity index is 525. The number of hydrogen-bond acceptors (Lipinski definition) is 3. The maximum Gasteiger partial charge on any atom is 0.228 e. The van der Waals surface area contributed by atoms with Crippen molar-refractivity contribution < 1.29 is 9.85 Å². The number of nitrogens with two attached hydrogens (primary N) is 1. The maximum atomic E-state index is 10.8. The standard InChI is InChI=1S/C13H18Cl2N3O.ClH/c1-8-11(7-16)18(3,19)13(17(8)2)12-9(14)5-4-6-10(12)15;/h4-6,13,19H,7,16H2,1-3H3;1H/q+1;. The molecular weight excluding hydrogens is 321 g/mol. The summed E-state index contributed by atoms with van der Waals surface area (Å²) in [7, 11) is 3.59. The van der Waals surface area contributed by atoms with Crippen molar-refractivity contribution >= 4 is 35.6 Å². The molecule has 1 aliphatic rings. The molecule has 0 saturated carbocycles. The van der Waals surface area contributed by atoms with E-state index in [0.29, 0.717) is 15.6 Å². The highest BCUT2D eigenvalue weighted by atomic mass is 35.5. The molecule has 0 aromatic heterocycles. The van der Waals surface area contributed by atoms with E-state index in [-0.39, 0.29) is 29.8 Å². The summed E-state index contributed by atoms with van der Waals surface area (Å²) in [4.78, 5) is 1.95. The Balaban J connectivity index is 0.00000200. The molecule has 1 aliphatic heterocycles. The number of halogens is 3. The van der Waals surface area contributed by atoms with Crippen LogP contribution in [0.2, 0.25) is 10.0 Å². The predicted octanol–water partition coefficient (Wildman–Crippen LogP) is 3.39. The lowest BCUT2D eigenvalue weighted by Crippen LogP contribution is -2.45. The van der Waals surface area contributed by atoms with Crippen LogP contribution in [0.3, 0.4) is 0 Å².